The number of hydrogen-bond acceptors (Lipinski definition) is 3. The van der Waals surface area contributed by atoms with Gasteiger partial charge >= 0.3 is 5.97 Å². The van der Waals surface area contributed by atoms with Gasteiger partial charge in [0.15, 0.2) is 0 Å². The fourth-order valence-corrected chi connectivity index (χ4v) is 2.58. The molecule has 0 atom stereocenters. The average molecular weight is 342 g/mol. The number of aryl methyl sites for hydroxylation is 1. The van der Waals surface area contributed by atoms with Gasteiger partial charge in [-0.25, -0.2) is 13.6 Å². The standard InChI is InChI=1S/C19H16F2N2O2/c1-12-3-6-15-17(7-8-19(24)25-2)22-23(18(15)9-12)11-13-4-5-14(20)10-16(13)21/h3-10H,11H2,1-2H3. The molecule has 0 spiro atoms. The van der Waals surface area contributed by atoms with Crippen LogP contribution in [0.5, 0.6) is 0 Å². The highest BCUT2D eigenvalue weighted by atomic mass is 19.1. The largest absolute Gasteiger partial charge is 0.466 e. The molecule has 0 N–H and O–H groups in total. The Morgan fingerprint density at radius 2 is 2.04 bits per heavy atom. The van der Waals surface area contributed by atoms with E-state index in [0.29, 0.717) is 11.3 Å². The molecule has 4 nitrogen and oxygen atoms in total. The van der Waals surface area contributed by atoms with Crippen LogP contribution in [0, 0.1) is 18.6 Å². The summed E-state index contributed by atoms with van der Waals surface area (Å²) in [5, 5.41) is 5.28. The van der Waals surface area contributed by atoms with Gasteiger partial charge in [-0.1, -0.05) is 18.2 Å². The predicted molar refractivity (Wildman–Crippen MR) is 91.0 cm³/mol. The maximum atomic E-state index is 14.0. The van der Waals surface area contributed by atoms with Gasteiger partial charge in [0.05, 0.1) is 24.9 Å². The molecule has 0 aliphatic carbocycles. The van der Waals surface area contributed by atoms with E-state index in [4.69, 9.17) is 0 Å². The summed E-state index contributed by atoms with van der Waals surface area (Å²) in [6, 6.07) is 9.23. The van der Waals surface area contributed by atoms with Gasteiger partial charge in [0.2, 0.25) is 0 Å². The first-order chi connectivity index (χ1) is 12.0. The molecule has 1 aromatic heterocycles. The van der Waals surface area contributed by atoms with Gasteiger partial charge in [0, 0.05) is 23.1 Å². The first-order valence-corrected chi connectivity index (χ1v) is 7.65. The number of carbonyl (C=O) groups excluding carboxylic acids is 1. The number of carbonyl (C=O) groups is 1. The van der Waals surface area contributed by atoms with Crippen molar-refractivity contribution in [2.75, 3.05) is 7.11 Å². The number of benzene rings is 2. The van der Waals surface area contributed by atoms with Crippen LogP contribution in [0.15, 0.2) is 42.5 Å². The zero-order valence-electron chi connectivity index (χ0n) is 13.8. The lowest BCUT2D eigenvalue weighted by atomic mass is 10.1. The second-order valence-corrected chi connectivity index (χ2v) is 5.66. The molecule has 1 heterocycles. The van der Waals surface area contributed by atoms with E-state index in [1.165, 1.54) is 25.3 Å². The molecule has 0 radical (unpaired) electrons. The van der Waals surface area contributed by atoms with Crippen molar-refractivity contribution in [3.05, 3.63) is 70.9 Å². The second kappa shape index (κ2) is 6.84. The van der Waals surface area contributed by atoms with Crippen molar-refractivity contribution in [2.45, 2.75) is 13.5 Å². The maximum Gasteiger partial charge on any atom is 0.330 e. The minimum atomic E-state index is -0.622. The number of rotatable bonds is 4. The summed E-state index contributed by atoms with van der Waals surface area (Å²) >= 11 is 0. The Labute approximate surface area is 143 Å². The van der Waals surface area contributed by atoms with Crippen molar-refractivity contribution in [2.24, 2.45) is 0 Å². The third kappa shape index (κ3) is 3.57. The number of ether oxygens (including phenoxy) is 1. The van der Waals surface area contributed by atoms with E-state index in [9.17, 15) is 13.6 Å². The van der Waals surface area contributed by atoms with Crippen molar-refractivity contribution in [3.8, 4) is 0 Å². The van der Waals surface area contributed by atoms with Crippen LogP contribution < -0.4 is 0 Å². The zero-order valence-corrected chi connectivity index (χ0v) is 13.8. The van der Waals surface area contributed by atoms with E-state index in [0.717, 1.165) is 22.5 Å². The van der Waals surface area contributed by atoms with Crippen LogP contribution >= 0.6 is 0 Å². The van der Waals surface area contributed by atoms with Gasteiger partial charge in [0.1, 0.15) is 11.6 Å². The van der Waals surface area contributed by atoms with Crippen molar-refractivity contribution in [3.63, 3.8) is 0 Å². The third-order valence-electron chi connectivity index (χ3n) is 3.85. The minimum Gasteiger partial charge on any atom is -0.466 e. The number of nitrogens with zero attached hydrogens (tertiary/aromatic N) is 2. The fourth-order valence-electron chi connectivity index (χ4n) is 2.58. The molecule has 0 saturated heterocycles. The van der Waals surface area contributed by atoms with Crippen LogP contribution in [-0.4, -0.2) is 22.9 Å². The smallest absolute Gasteiger partial charge is 0.330 e. The Bertz CT molecular complexity index is 977. The summed E-state index contributed by atoms with van der Waals surface area (Å²) in [4.78, 5) is 11.3. The molecule has 0 aliphatic rings. The van der Waals surface area contributed by atoms with E-state index in [1.54, 1.807) is 10.8 Å². The second-order valence-electron chi connectivity index (χ2n) is 5.66. The van der Waals surface area contributed by atoms with Crippen molar-refractivity contribution < 1.29 is 18.3 Å². The van der Waals surface area contributed by atoms with E-state index in [-0.39, 0.29) is 6.54 Å². The van der Waals surface area contributed by atoms with E-state index < -0.39 is 17.6 Å². The zero-order chi connectivity index (χ0) is 18.0. The SMILES string of the molecule is COC(=O)C=Cc1nn(Cc2ccc(F)cc2F)c2cc(C)ccc12. The molecular formula is C19H16F2N2O2. The van der Waals surface area contributed by atoms with Gasteiger partial charge < -0.3 is 4.74 Å². The number of hydrogen-bond donors (Lipinski definition) is 0. The lowest BCUT2D eigenvalue weighted by molar-refractivity contribution is -0.134. The molecule has 25 heavy (non-hydrogen) atoms. The lowest BCUT2D eigenvalue weighted by Crippen LogP contribution is -2.04. The first kappa shape index (κ1) is 16.8. The number of aromatic nitrogens is 2. The molecular weight excluding hydrogens is 326 g/mol. The summed E-state index contributed by atoms with van der Waals surface area (Å²) in [5.74, 6) is -1.73. The molecule has 0 amide bonds. The van der Waals surface area contributed by atoms with Crippen molar-refractivity contribution in [1.82, 2.24) is 9.78 Å². The molecule has 3 aromatic rings. The first-order valence-electron chi connectivity index (χ1n) is 7.65. The molecule has 6 heteroatoms. The van der Waals surface area contributed by atoms with E-state index in [2.05, 4.69) is 9.84 Å². The van der Waals surface area contributed by atoms with Gasteiger partial charge in [-0.2, -0.15) is 5.10 Å². The highest BCUT2D eigenvalue weighted by molar-refractivity contribution is 5.93. The maximum absolute atomic E-state index is 14.0. The molecule has 2 aromatic carbocycles. The third-order valence-corrected chi connectivity index (χ3v) is 3.85. The van der Waals surface area contributed by atoms with Gasteiger partial charge in [-0.3, -0.25) is 4.68 Å². The number of methoxy groups -OCH3 is 1. The predicted octanol–water partition coefficient (Wildman–Crippen LogP) is 3.86. The van der Waals surface area contributed by atoms with Gasteiger partial charge in [-0.05, 0) is 30.7 Å². The van der Waals surface area contributed by atoms with Crippen LogP contribution in [0.3, 0.4) is 0 Å². The number of fused-ring (bicyclic) bond motifs is 1. The van der Waals surface area contributed by atoms with Gasteiger partial charge in [0.25, 0.3) is 0 Å². The monoisotopic (exact) mass is 342 g/mol. The normalized spacial score (nSPS) is 11.4. The van der Waals surface area contributed by atoms with Crippen LogP contribution in [-0.2, 0) is 16.1 Å². The number of esters is 1. The summed E-state index contributed by atoms with van der Waals surface area (Å²) in [6.07, 6.45) is 2.84. The van der Waals surface area contributed by atoms with Crippen molar-refractivity contribution in [1.29, 1.82) is 0 Å². The molecule has 0 fully saturated rings. The topological polar surface area (TPSA) is 44.1 Å². The van der Waals surface area contributed by atoms with Gasteiger partial charge in [-0.15, -0.1) is 0 Å². The molecule has 3 rings (SSSR count). The molecule has 128 valence electrons. The van der Waals surface area contributed by atoms with Crippen molar-refractivity contribution >= 4 is 22.9 Å². The highest BCUT2D eigenvalue weighted by Gasteiger charge is 2.12. The molecule has 0 aliphatic heterocycles. The Morgan fingerprint density at radius 3 is 2.76 bits per heavy atom. The van der Waals surface area contributed by atoms with Crippen LogP contribution in [0.25, 0.3) is 17.0 Å². The Hall–Kier alpha value is -3.02. The lowest BCUT2D eigenvalue weighted by Gasteiger charge is -2.06. The molecule has 0 bridgehead atoms. The molecule has 0 saturated carbocycles. The minimum absolute atomic E-state index is 0.151. The Morgan fingerprint density at radius 1 is 1.24 bits per heavy atom. The summed E-state index contributed by atoms with van der Waals surface area (Å²) in [7, 11) is 1.30. The summed E-state index contributed by atoms with van der Waals surface area (Å²) in [6.45, 7) is 2.09. The van der Waals surface area contributed by atoms with Crippen LogP contribution in [0.1, 0.15) is 16.8 Å². The Balaban J connectivity index is 2.06. The van der Waals surface area contributed by atoms with E-state index in [1.807, 2.05) is 25.1 Å². The van der Waals surface area contributed by atoms with Crippen LogP contribution in [0.2, 0.25) is 0 Å². The highest BCUT2D eigenvalue weighted by Crippen LogP contribution is 2.23. The van der Waals surface area contributed by atoms with Crippen LogP contribution in [0.4, 0.5) is 8.78 Å². The Kier molecular flexibility index (Phi) is 4.61. The van der Waals surface area contributed by atoms with E-state index >= 15 is 0 Å². The fraction of sp³-hybridized carbons (Fsp3) is 0.158. The quantitative estimate of drug-likeness (QED) is 0.534. The number of halogens is 2. The summed E-state index contributed by atoms with van der Waals surface area (Å²) in [5.41, 5.74) is 2.73. The molecule has 0 unspecified atom stereocenters. The average Bonchev–Trinajstić information content (AvgIpc) is 2.92. The summed E-state index contributed by atoms with van der Waals surface area (Å²) < 4.78 is 33.3.